The van der Waals surface area contributed by atoms with Gasteiger partial charge in [0.15, 0.2) is 0 Å². The molecule has 1 heterocycles. The fourth-order valence-electron chi connectivity index (χ4n) is 2.97. The van der Waals surface area contributed by atoms with E-state index in [1.807, 2.05) is 24.3 Å². The molecular formula is C19H20Cl2N2O. The smallest absolute Gasteiger partial charge is 0.255 e. The van der Waals surface area contributed by atoms with E-state index in [2.05, 4.69) is 10.2 Å². The molecule has 1 aliphatic heterocycles. The summed E-state index contributed by atoms with van der Waals surface area (Å²) in [7, 11) is 0. The molecule has 126 valence electrons. The van der Waals surface area contributed by atoms with E-state index >= 15 is 0 Å². The minimum atomic E-state index is -0.169. The van der Waals surface area contributed by atoms with E-state index in [-0.39, 0.29) is 5.91 Å². The van der Waals surface area contributed by atoms with Gasteiger partial charge in [-0.05, 0) is 61.8 Å². The lowest BCUT2D eigenvalue weighted by molar-refractivity contribution is 0.102. The molecule has 24 heavy (non-hydrogen) atoms. The van der Waals surface area contributed by atoms with E-state index in [0.717, 1.165) is 19.6 Å². The van der Waals surface area contributed by atoms with Crippen LogP contribution in [0.4, 0.5) is 5.69 Å². The molecule has 5 heteroatoms. The Morgan fingerprint density at radius 2 is 1.58 bits per heavy atom. The summed E-state index contributed by atoms with van der Waals surface area (Å²) in [6.45, 7) is 3.28. The molecule has 0 atom stereocenters. The number of rotatable bonds is 4. The largest absolute Gasteiger partial charge is 0.322 e. The highest BCUT2D eigenvalue weighted by Gasteiger charge is 2.11. The molecular weight excluding hydrogens is 343 g/mol. The molecule has 3 nitrogen and oxygen atoms in total. The topological polar surface area (TPSA) is 32.3 Å². The summed E-state index contributed by atoms with van der Waals surface area (Å²) in [5, 5.41) is 3.81. The molecule has 0 unspecified atom stereocenters. The van der Waals surface area contributed by atoms with Crippen LogP contribution < -0.4 is 5.32 Å². The van der Waals surface area contributed by atoms with Crippen molar-refractivity contribution in [3.8, 4) is 0 Å². The van der Waals surface area contributed by atoms with Crippen LogP contribution in [-0.2, 0) is 6.54 Å². The number of nitrogens with zero attached hydrogens (tertiary/aromatic N) is 1. The van der Waals surface area contributed by atoms with Gasteiger partial charge in [-0.15, -0.1) is 0 Å². The Morgan fingerprint density at radius 1 is 0.958 bits per heavy atom. The summed E-state index contributed by atoms with van der Waals surface area (Å²) in [6.07, 6.45) is 3.90. The number of piperidine rings is 1. The maximum atomic E-state index is 12.3. The van der Waals surface area contributed by atoms with Gasteiger partial charge < -0.3 is 5.32 Å². The first-order valence-corrected chi connectivity index (χ1v) is 8.94. The number of nitrogens with one attached hydrogen (secondary N) is 1. The lowest BCUT2D eigenvalue weighted by Gasteiger charge is -2.26. The predicted octanol–water partition coefficient (Wildman–Crippen LogP) is 5.23. The zero-order valence-electron chi connectivity index (χ0n) is 13.4. The molecule has 2 aromatic rings. The van der Waals surface area contributed by atoms with E-state index in [0.29, 0.717) is 21.3 Å². The quantitative estimate of drug-likeness (QED) is 0.807. The number of amides is 1. The Bertz CT molecular complexity index is 690. The third-order valence-electron chi connectivity index (χ3n) is 4.19. The molecule has 0 aromatic heterocycles. The zero-order valence-corrected chi connectivity index (χ0v) is 14.9. The second-order valence-electron chi connectivity index (χ2n) is 6.15. The van der Waals surface area contributed by atoms with Crippen molar-refractivity contribution in [2.75, 3.05) is 18.4 Å². The average Bonchev–Trinajstić information content (AvgIpc) is 2.55. The molecule has 1 N–H and O–H groups in total. The molecule has 0 radical (unpaired) electrons. The minimum Gasteiger partial charge on any atom is -0.322 e. The number of benzene rings is 2. The normalized spacial score (nSPS) is 15.2. The second kappa shape index (κ2) is 8.02. The highest BCUT2D eigenvalue weighted by Crippen LogP contribution is 2.23. The maximum absolute atomic E-state index is 12.3. The fraction of sp³-hybridized carbons (Fsp3) is 0.316. The van der Waals surface area contributed by atoms with E-state index < -0.39 is 0 Å². The molecule has 0 aliphatic carbocycles. The van der Waals surface area contributed by atoms with Crippen LogP contribution in [0.2, 0.25) is 10.0 Å². The highest BCUT2D eigenvalue weighted by atomic mass is 35.5. The Hall–Kier alpha value is -1.55. The van der Waals surface area contributed by atoms with Gasteiger partial charge >= 0.3 is 0 Å². The Morgan fingerprint density at radius 3 is 2.21 bits per heavy atom. The maximum Gasteiger partial charge on any atom is 0.255 e. The minimum absolute atomic E-state index is 0.169. The van der Waals surface area contributed by atoms with Crippen LogP contribution >= 0.6 is 23.2 Å². The van der Waals surface area contributed by atoms with E-state index in [9.17, 15) is 4.79 Å². The average molecular weight is 363 g/mol. The molecule has 1 aliphatic rings. The summed E-state index contributed by atoms with van der Waals surface area (Å²) in [5.41, 5.74) is 2.45. The van der Waals surface area contributed by atoms with Gasteiger partial charge in [-0.3, -0.25) is 9.69 Å². The van der Waals surface area contributed by atoms with Crippen molar-refractivity contribution in [2.24, 2.45) is 0 Å². The number of anilines is 1. The van der Waals surface area contributed by atoms with Crippen molar-refractivity contribution in [3.05, 3.63) is 63.6 Å². The summed E-state index contributed by atoms with van der Waals surface area (Å²) in [4.78, 5) is 14.8. The highest BCUT2D eigenvalue weighted by molar-refractivity contribution is 6.35. The van der Waals surface area contributed by atoms with Crippen molar-refractivity contribution in [1.82, 2.24) is 4.90 Å². The van der Waals surface area contributed by atoms with Crippen LogP contribution in [0.1, 0.15) is 35.2 Å². The van der Waals surface area contributed by atoms with Gasteiger partial charge in [-0.2, -0.15) is 0 Å². The second-order valence-corrected chi connectivity index (χ2v) is 7.02. The molecule has 0 bridgehead atoms. The number of likely N-dealkylation sites (tertiary alicyclic amines) is 1. The van der Waals surface area contributed by atoms with Gasteiger partial charge in [-0.1, -0.05) is 41.8 Å². The predicted molar refractivity (Wildman–Crippen MR) is 100.0 cm³/mol. The molecule has 0 saturated carbocycles. The molecule has 2 aromatic carbocycles. The van der Waals surface area contributed by atoms with Crippen LogP contribution in [0.15, 0.2) is 42.5 Å². The van der Waals surface area contributed by atoms with Crippen LogP contribution in [-0.4, -0.2) is 23.9 Å². The molecule has 1 amide bonds. The van der Waals surface area contributed by atoms with Crippen molar-refractivity contribution in [2.45, 2.75) is 25.8 Å². The van der Waals surface area contributed by atoms with Crippen LogP contribution in [0.25, 0.3) is 0 Å². The molecule has 1 fully saturated rings. The first-order chi connectivity index (χ1) is 11.6. The monoisotopic (exact) mass is 362 g/mol. The first kappa shape index (κ1) is 17.3. The van der Waals surface area contributed by atoms with E-state index in [1.54, 1.807) is 18.2 Å². The fourth-order valence-corrected chi connectivity index (χ4v) is 3.49. The Labute approximate surface area is 152 Å². The van der Waals surface area contributed by atoms with Crippen molar-refractivity contribution < 1.29 is 4.79 Å². The van der Waals surface area contributed by atoms with Crippen LogP contribution in [0.3, 0.4) is 0 Å². The van der Waals surface area contributed by atoms with Gasteiger partial charge in [0.05, 0.1) is 0 Å². The lowest BCUT2D eigenvalue weighted by Crippen LogP contribution is -2.29. The zero-order chi connectivity index (χ0) is 16.9. The number of carbonyl (C=O) groups is 1. The van der Waals surface area contributed by atoms with Gasteiger partial charge in [0.2, 0.25) is 0 Å². The summed E-state index contributed by atoms with van der Waals surface area (Å²) in [6, 6.07) is 12.8. The van der Waals surface area contributed by atoms with E-state index in [1.165, 1.54) is 24.8 Å². The van der Waals surface area contributed by atoms with Crippen molar-refractivity contribution in [1.29, 1.82) is 0 Å². The number of halogens is 2. The van der Waals surface area contributed by atoms with E-state index in [4.69, 9.17) is 23.2 Å². The number of carbonyl (C=O) groups excluding carboxylic acids is 1. The van der Waals surface area contributed by atoms with Gasteiger partial charge in [-0.25, -0.2) is 0 Å². The summed E-state index contributed by atoms with van der Waals surface area (Å²) >= 11 is 11.9. The molecule has 0 spiro atoms. The molecule has 3 rings (SSSR count). The number of hydrogen-bond donors (Lipinski definition) is 1. The Kier molecular flexibility index (Phi) is 5.77. The van der Waals surface area contributed by atoms with Gasteiger partial charge in [0, 0.05) is 27.8 Å². The SMILES string of the molecule is O=C(Nc1cc(Cl)cc(Cl)c1)c1ccc(CN2CCCCC2)cc1. The Balaban J connectivity index is 1.62. The first-order valence-electron chi connectivity index (χ1n) is 8.19. The van der Waals surface area contributed by atoms with Crippen molar-refractivity contribution >= 4 is 34.8 Å². The lowest BCUT2D eigenvalue weighted by atomic mass is 10.1. The van der Waals surface area contributed by atoms with Crippen LogP contribution in [0, 0.1) is 0 Å². The van der Waals surface area contributed by atoms with Gasteiger partial charge in [0.1, 0.15) is 0 Å². The van der Waals surface area contributed by atoms with Crippen molar-refractivity contribution in [3.63, 3.8) is 0 Å². The van der Waals surface area contributed by atoms with Crippen LogP contribution in [0.5, 0.6) is 0 Å². The third kappa shape index (κ3) is 4.73. The molecule has 1 saturated heterocycles. The number of hydrogen-bond acceptors (Lipinski definition) is 2. The van der Waals surface area contributed by atoms with Gasteiger partial charge in [0.25, 0.3) is 5.91 Å². The third-order valence-corrected chi connectivity index (χ3v) is 4.63. The standard InChI is InChI=1S/C19H20Cl2N2O/c20-16-10-17(21)12-18(11-16)22-19(24)15-6-4-14(5-7-15)13-23-8-2-1-3-9-23/h4-7,10-12H,1-3,8-9,13H2,(H,22,24). The summed E-state index contributed by atoms with van der Waals surface area (Å²) in [5.74, 6) is -0.169. The summed E-state index contributed by atoms with van der Waals surface area (Å²) < 4.78 is 0.